The number of para-hydroxylation sites is 1. The molecule has 36 heavy (non-hydrogen) atoms. The van der Waals surface area contributed by atoms with E-state index in [0.29, 0.717) is 0 Å². The molecule has 1 aromatic carbocycles. The van der Waals surface area contributed by atoms with Crippen LogP contribution >= 0.6 is 7.75 Å². The summed E-state index contributed by atoms with van der Waals surface area (Å²) in [4.78, 5) is 35.8. The van der Waals surface area contributed by atoms with Gasteiger partial charge in [0, 0.05) is 6.08 Å². The van der Waals surface area contributed by atoms with Crippen LogP contribution in [0, 0.1) is 5.92 Å². The molecular weight excluding hydrogens is 498 g/mol. The molecule has 1 saturated heterocycles. The van der Waals surface area contributed by atoms with E-state index in [9.17, 15) is 24.1 Å². The minimum Gasteiger partial charge on any atom is -0.462 e. The van der Waals surface area contributed by atoms with Crippen molar-refractivity contribution in [3.8, 4) is 5.75 Å². The number of hydrogen-bond acceptors (Lipinski definition) is 9. The highest BCUT2D eigenvalue weighted by molar-refractivity contribution is 7.52. The summed E-state index contributed by atoms with van der Waals surface area (Å²) in [7, 11) is -4.29. The number of halogens is 1. The van der Waals surface area contributed by atoms with Gasteiger partial charge in [0.15, 0.2) is 5.67 Å². The highest BCUT2D eigenvalue weighted by Gasteiger charge is 2.58. The SMILES string of the molecule is CC(C)OC(=O)[C@H](C)N[P@](=O)(OC[C@H]1O[C@@H](C2C=CC(=O)NC2=O)[C@](C)(F)[C@@H]1O)Oc1ccccc1. The number of esters is 1. The lowest BCUT2D eigenvalue weighted by atomic mass is 9.85. The molecule has 3 N–H and O–H groups in total. The number of alkyl halides is 1. The molecule has 1 fully saturated rings. The first-order chi connectivity index (χ1) is 16.8. The van der Waals surface area contributed by atoms with Gasteiger partial charge in [0.1, 0.15) is 30.1 Å². The van der Waals surface area contributed by atoms with Crippen LogP contribution in [0.5, 0.6) is 5.75 Å². The number of aliphatic hydroxyl groups excluding tert-OH is 1. The number of benzene rings is 1. The van der Waals surface area contributed by atoms with Gasteiger partial charge in [-0.1, -0.05) is 24.3 Å². The molecule has 13 heteroatoms. The number of imide groups is 1. The third-order valence-electron chi connectivity index (χ3n) is 5.57. The Morgan fingerprint density at radius 2 is 1.94 bits per heavy atom. The average molecular weight is 528 g/mol. The molecule has 0 radical (unpaired) electrons. The largest absolute Gasteiger partial charge is 0.462 e. The molecule has 2 amide bonds. The number of carbonyl (C=O) groups is 3. The van der Waals surface area contributed by atoms with Crippen LogP contribution in [0.2, 0.25) is 0 Å². The van der Waals surface area contributed by atoms with Crippen molar-refractivity contribution in [3.05, 3.63) is 42.5 Å². The normalized spacial score (nSPS) is 30.5. The predicted molar refractivity (Wildman–Crippen MR) is 124 cm³/mol. The van der Waals surface area contributed by atoms with Crippen LogP contribution in [0.3, 0.4) is 0 Å². The Morgan fingerprint density at radius 1 is 1.28 bits per heavy atom. The molecule has 1 unspecified atom stereocenters. The smallest absolute Gasteiger partial charge is 0.459 e. The standard InChI is InChI=1S/C23H30FN2O9P/c1-13(2)33-22(30)14(3)26-36(31,35-15-8-6-5-7-9-15)32-12-17-19(28)23(4,24)20(34-17)16-10-11-18(27)25-21(16)29/h5-11,13-14,16-17,19-20,28H,12H2,1-4H3,(H,26,31)(H,25,27,29)/t14-,16?,17+,19+,20-,23+,36-/m0/s1. The Labute approximate surface area is 207 Å². The van der Waals surface area contributed by atoms with Gasteiger partial charge in [-0.15, -0.1) is 0 Å². The van der Waals surface area contributed by atoms with Crippen molar-refractivity contribution < 1.29 is 47.0 Å². The van der Waals surface area contributed by atoms with Gasteiger partial charge >= 0.3 is 13.7 Å². The molecule has 3 rings (SSSR count). The molecule has 0 saturated carbocycles. The van der Waals surface area contributed by atoms with Crippen LogP contribution in [-0.2, 0) is 32.9 Å². The second kappa shape index (κ2) is 11.2. The molecule has 2 aliphatic heterocycles. The van der Waals surface area contributed by atoms with Crippen molar-refractivity contribution in [2.45, 2.75) is 63.8 Å². The van der Waals surface area contributed by atoms with E-state index in [0.717, 1.165) is 13.0 Å². The van der Waals surface area contributed by atoms with Gasteiger partial charge in [-0.2, -0.15) is 5.09 Å². The zero-order valence-electron chi connectivity index (χ0n) is 20.3. The quantitative estimate of drug-likeness (QED) is 0.233. The number of hydrogen-bond donors (Lipinski definition) is 3. The number of amides is 2. The Hall–Kier alpha value is -2.63. The van der Waals surface area contributed by atoms with Gasteiger partial charge < -0.3 is 19.1 Å². The van der Waals surface area contributed by atoms with Crippen molar-refractivity contribution in [1.82, 2.24) is 10.4 Å². The van der Waals surface area contributed by atoms with E-state index in [4.69, 9.17) is 18.5 Å². The lowest BCUT2D eigenvalue weighted by molar-refractivity contribution is -0.149. The van der Waals surface area contributed by atoms with E-state index in [2.05, 4.69) is 10.4 Å². The molecule has 0 aliphatic carbocycles. The van der Waals surface area contributed by atoms with Gasteiger partial charge in [0.25, 0.3) is 0 Å². The van der Waals surface area contributed by atoms with E-state index in [-0.39, 0.29) is 5.75 Å². The van der Waals surface area contributed by atoms with Crippen LogP contribution in [0.25, 0.3) is 0 Å². The minimum absolute atomic E-state index is 0.160. The monoisotopic (exact) mass is 528 g/mol. The Balaban J connectivity index is 1.76. The topological polar surface area (TPSA) is 149 Å². The second-order valence-electron chi connectivity index (χ2n) is 8.96. The number of aliphatic hydroxyl groups is 1. The number of rotatable bonds is 10. The molecule has 0 aromatic heterocycles. The van der Waals surface area contributed by atoms with Gasteiger partial charge in [-0.25, -0.2) is 8.96 Å². The summed E-state index contributed by atoms with van der Waals surface area (Å²) in [5.41, 5.74) is -2.41. The molecule has 0 bridgehead atoms. The summed E-state index contributed by atoms with van der Waals surface area (Å²) >= 11 is 0. The van der Waals surface area contributed by atoms with Gasteiger partial charge in [-0.3, -0.25) is 24.2 Å². The number of ether oxygens (including phenoxy) is 2. The second-order valence-corrected chi connectivity index (χ2v) is 10.7. The maximum Gasteiger partial charge on any atom is 0.459 e. The predicted octanol–water partition coefficient (Wildman–Crippen LogP) is 1.81. The molecule has 7 atom stereocenters. The maximum atomic E-state index is 15.5. The van der Waals surface area contributed by atoms with E-state index >= 15 is 4.39 Å². The molecule has 198 valence electrons. The highest BCUT2D eigenvalue weighted by Crippen LogP contribution is 2.47. The van der Waals surface area contributed by atoms with Gasteiger partial charge in [-0.05, 0) is 39.8 Å². The summed E-state index contributed by atoms with van der Waals surface area (Å²) in [6.07, 6.45) is -2.71. The molecule has 2 aliphatic rings. The summed E-state index contributed by atoms with van der Waals surface area (Å²) in [5, 5.41) is 15.1. The number of carbonyl (C=O) groups excluding carboxylic acids is 3. The molecule has 2 heterocycles. The minimum atomic E-state index is -4.29. The molecule has 0 spiro atoms. The third-order valence-corrected chi connectivity index (χ3v) is 7.22. The Morgan fingerprint density at radius 3 is 2.56 bits per heavy atom. The fourth-order valence-corrected chi connectivity index (χ4v) is 5.27. The van der Waals surface area contributed by atoms with Crippen molar-refractivity contribution in [3.63, 3.8) is 0 Å². The first kappa shape index (κ1) is 27.9. The summed E-state index contributed by atoms with van der Waals surface area (Å²) in [6.45, 7) is 5.16. The van der Waals surface area contributed by atoms with Crippen LogP contribution in [-0.4, -0.2) is 65.6 Å². The Bertz CT molecular complexity index is 1050. The van der Waals surface area contributed by atoms with Crippen molar-refractivity contribution in [1.29, 1.82) is 0 Å². The lowest BCUT2D eigenvalue weighted by Crippen LogP contribution is -2.50. The average Bonchev–Trinajstić information content (AvgIpc) is 3.01. The highest BCUT2D eigenvalue weighted by atomic mass is 31.2. The number of nitrogens with one attached hydrogen (secondary N) is 2. The first-order valence-electron chi connectivity index (χ1n) is 11.4. The van der Waals surface area contributed by atoms with Gasteiger partial charge in [0.2, 0.25) is 11.8 Å². The summed E-state index contributed by atoms with van der Waals surface area (Å²) < 4.78 is 50.8. The Kier molecular flexibility index (Phi) is 8.68. The van der Waals surface area contributed by atoms with E-state index in [1.807, 2.05) is 0 Å². The van der Waals surface area contributed by atoms with Crippen LogP contribution in [0.1, 0.15) is 27.7 Å². The van der Waals surface area contributed by atoms with Crippen LogP contribution < -0.4 is 14.9 Å². The van der Waals surface area contributed by atoms with E-state index in [1.165, 1.54) is 25.1 Å². The zero-order chi connectivity index (χ0) is 26.7. The van der Waals surface area contributed by atoms with E-state index in [1.54, 1.807) is 32.0 Å². The molecular formula is C23H30FN2O9P. The first-order valence-corrected chi connectivity index (χ1v) is 12.9. The fourth-order valence-electron chi connectivity index (χ4n) is 3.76. The summed E-state index contributed by atoms with van der Waals surface area (Å²) in [5.74, 6) is -3.15. The van der Waals surface area contributed by atoms with Crippen molar-refractivity contribution in [2.75, 3.05) is 6.61 Å². The van der Waals surface area contributed by atoms with Gasteiger partial charge in [0.05, 0.1) is 18.6 Å². The van der Waals surface area contributed by atoms with E-state index < -0.39 is 74.2 Å². The van der Waals surface area contributed by atoms with Crippen molar-refractivity contribution >= 4 is 25.5 Å². The lowest BCUT2D eigenvalue weighted by Gasteiger charge is -2.29. The molecule has 1 aromatic rings. The fraction of sp³-hybridized carbons (Fsp3) is 0.522. The zero-order valence-corrected chi connectivity index (χ0v) is 21.1. The third kappa shape index (κ3) is 6.57. The van der Waals surface area contributed by atoms with Crippen LogP contribution in [0.4, 0.5) is 4.39 Å². The van der Waals surface area contributed by atoms with Crippen LogP contribution in [0.15, 0.2) is 42.5 Å². The molecule has 11 nitrogen and oxygen atoms in total. The maximum absolute atomic E-state index is 15.5. The summed E-state index contributed by atoms with van der Waals surface area (Å²) in [6, 6.07) is 6.89. The van der Waals surface area contributed by atoms with Crippen molar-refractivity contribution in [2.24, 2.45) is 5.92 Å².